The fraction of sp³-hybridized carbons (Fsp3) is 0.333. The summed E-state index contributed by atoms with van der Waals surface area (Å²) in [4.78, 5) is 22.4. The summed E-state index contributed by atoms with van der Waals surface area (Å²) in [6.45, 7) is 2.18. The minimum Gasteiger partial charge on any atom is -0.486 e. The van der Waals surface area contributed by atoms with Gasteiger partial charge in [-0.05, 0) is 19.1 Å². The van der Waals surface area contributed by atoms with Gasteiger partial charge in [0, 0.05) is 0 Å². The molecule has 6 heteroatoms. The lowest BCUT2D eigenvalue weighted by Gasteiger charge is -2.21. The number of aliphatic carboxylic acids is 1. The zero-order valence-corrected chi connectivity index (χ0v) is 9.80. The molecule has 0 saturated heterocycles. The van der Waals surface area contributed by atoms with Crippen LogP contribution in [0.25, 0.3) is 0 Å². The average Bonchev–Trinajstić information content (AvgIpc) is 2.38. The standard InChI is InChI=1S/C12H13NO5/c1-7(12(15)16)11(14)13-8-3-2-4-9-10(8)18-6-5-17-9/h2-4,7H,5-6H2,1H3,(H,13,14)(H,15,16). The van der Waals surface area contributed by atoms with Crippen LogP contribution >= 0.6 is 0 Å². The van der Waals surface area contributed by atoms with E-state index in [0.717, 1.165) is 0 Å². The molecule has 0 radical (unpaired) electrons. The predicted octanol–water partition coefficient (Wildman–Crippen LogP) is 1.12. The number of carboxylic acids is 1. The molecule has 0 bridgehead atoms. The first-order valence-corrected chi connectivity index (χ1v) is 5.52. The maximum atomic E-state index is 11.7. The third-order valence-corrected chi connectivity index (χ3v) is 2.59. The van der Waals surface area contributed by atoms with E-state index in [1.165, 1.54) is 6.92 Å². The van der Waals surface area contributed by atoms with Gasteiger partial charge < -0.3 is 19.9 Å². The minimum atomic E-state index is -1.17. The van der Waals surface area contributed by atoms with Gasteiger partial charge in [0.1, 0.15) is 19.1 Å². The molecule has 0 fully saturated rings. The molecule has 1 aromatic rings. The van der Waals surface area contributed by atoms with Crippen molar-refractivity contribution in [3.05, 3.63) is 18.2 Å². The molecule has 0 saturated carbocycles. The molecule has 96 valence electrons. The first kappa shape index (κ1) is 12.2. The Morgan fingerprint density at radius 1 is 1.33 bits per heavy atom. The van der Waals surface area contributed by atoms with Gasteiger partial charge in [0.05, 0.1) is 5.69 Å². The van der Waals surface area contributed by atoms with Gasteiger partial charge in [-0.25, -0.2) is 0 Å². The summed E-state index contributed by atoms with van der Waals surface area (Å²) in [6.07, 6.45) is 0. The second-order valence-corrected chi connectivity index (χ2v) is 3.88. The number of anilines is 1. The lowest BCUT2D eigenvalue weighted by Crippen LogP contribution is -2.27. The fourth-order valence-corrected chi connectivity index (χ4v) is 1.53. The highest BCUT2D eigenvalue weighted by molar-refractivity contribution is 6.04. The smallest absolute Gasteiger partial charge is 0.315 e. The molecule has 1 unspecified atom stereocenters. The predicted molar refractivity (Wildman–Crippen MR) is 62.9 cm³/mol. The molecule has 2 N–H and O–H groups in total. The first-order valence-electron chi connectivity index (χ1n) is 5.52. The van der Waals surface area contributed by atoms with Crippen LogP contribution in [0.15, 0.2) is 18.2 Å². The molecular formula is C12H13NO5. The van der Waals surface area contributed by atoms with Gasteiger partial charge in [0.25, 0.3) is 0 Å². The molecule has 18 heavy (non-hydrogen) atoms. The number of hydrogen-bond donors (Lipinski definition) is 2. The molecule has 1 aliphatic rings. The highest BCUT2D eigenvalue weighted by Gasteiger charge is 2.23. The van der Waals surface area contributed by atoms with Crippen LogP contribution in [0, 0.1) is 5.92 Å². The van der Waals surface area contributed by atoms with E-state index in [4.69, 9.17) is 14.6 Å². The SMILES string of the molecule is CC(C(=O)O)C(=O)Nc1cccc2c1OCCO2. The summed E-state index contributed by atoms with van der Waals surface area (Å²) in [6, 6.07) is 5.07. The van der Waals surface area contributed by atoms with E-state index in [-0.39, 0.29) is 0 Å². The van der Waals surface area contributed by atoms with Crippen molar-refractivity contribution in [1.82, 2.24) is 0 Å². The maximum Gasteiger partial charge on any atom is 0.315 e. The number of fused-ring (bicyclic) bond motifs is 1. The Hall–Kier alpha value is -2.24. The zero-order valence-electron chi connectivity index (χ0n) is 9.80. The lowest BCUT2D eigenvalue weighted by molar-refractivity contribution is -0.144. The normalized spacial score (nSPS) is 14.7. The highest BCUT2D eigenvalue weighted by Crippen LogP contribution is 2.37. The largest absolute Gasteiger partial charge is 0.486 e. The van der Waals surface area contributed by atoms with Crippen molar-refractivity contribution in [3.63, 3.8) is 0 Å². The van der Waals surface area contributed by atoms with E-state index < -0.39 is 17.8 Å². The molecule has 0 spiro atoms. The van der Waals surface area contributed by atoms with Crippen LogP contribution < -0.4 is 14.8 Å². The Balaban J connectivity index is 2.19. The zero-order chi connectivity index (χ0) is 13.1. The van der Waals surface area contributed by atoms with Crippen molar-refractivity contribution in [2.75, 3.05) is 18.5 Å². The van der Waals surface area contributed by atoms with E-state index >= 15 is 0 Å². The molecule has 0 aromatic heterocycles. The lowest BCUT2D eigenvalue weighted by atomic mass is 10.1. The van der Waals surface area contributed by atoms with Crippen molar-refractivity contribution in [2.45, 2.75) is 6.92 Å². The first-order chi connectivity index (χ1) is 8.59. The maximum absolute atomic E-state index is 11.7. The van der Waals surface area contributed by atoms with E-state index in [9.17, 15) is 9.59 Å². The Morgan fingerprint density at radius 3 is 2.78 bits per heavy atom. The van der Waals surface area contributed by atoms with Crippen LogP contribution in [0.4, 0.5) is 5.69 Å². The third kappa shape index (κ3) is 2.37. The number of para-hydroxylation sites is 1. The minimum absolute atomic E-state index is 0.397. The second kappa shape index (κ2) is 4.95. The third-order valence-electron chi connectivity index (χ3n) is 2.59. The van der Waals surface area contributed by atoms with Crippen molar-refractivity contribution in [2.24, 2.45) is 5.92 Å². The second-order valence-electron chi connectivity index (χ2n) is 3.88. The van der Waals surface area contributed by atoms with Crippen molar-refractivity contribution in [3.8, 4) is 11.5 Å². The van der Waals surface area contributed by atoms with Gasteiger partial charge in [0.15, 0.2) is 11.5 Å². The number of amides is 1. The highest BCUT2D eigenvalue weighted by atomic mass is 16.6. The Bertz CT molecular complexity index is 485. The number of ether oxygens (including phenoxy) is 2. The van der Waals surface area contributed by atoms with Crippen LogP contribution in [-0.4, -0.2) is 30.2 Å². The molecular weight excluding hydrogens is 238 g/mol. The van der Waals surface area contributed by atoms with Gasteiger partial charge in [-0.1, -0.05) is 6.07 Å². The van der Waals surface area contributed by atoms with Gasteiger partial charge in [-0.2, -0.15) is 0 Å². The van der Waals surface area contributed by atoms with Crippen molar-refractivity contribution in [1.29, 1.82) is 0 Å². The molecule has 1 aromatic carbocycles. The number of hydrogen-bond acceptors (Lipinski definition) is 4. The molecule has 6 nitrogen and oxygen atoms in total. The molecule has 0 aliphatic carbocycles. The number of nitrogens with one attached hydrogen (secondary N) is 1. The van der Waals surface area contributed by atoms with E-state index in [0.29, 0.717) is 30.4 Å². The monoisotopic (exact) mass is 251 g/mol. The van der Waals surface area contributed by atoms with Gasteiger partial charge in [-0.3, -0.25) is 9.59 Å². The Morgan fingerprint density at radius 2 is 2.06 bits per heavy atom. The van der Waals surface area contributed by atoms with Crippen LogP contribution in [0.2, 0.25) is 0 Å². The average molecular weight is 251 g/mol. The van der Waals surface area contributed by atoms with Crippen molar-refractivity contribution < 1.29 is 24.2 Å². The summed E-state index contributed by atoms with van der Waals surface area (Å²) in [7, 11) is 0. The van der Waals surface area contributed by atoms with Crippen LogP contribution in [0.3, 0.4) is 0 Å². The summed E-state index contributed by atoms with van der Waals surface area (Å²) in [5, 5.41) is 11.3. The fourth-order valence-electron chi connectivity index (χ4n) is 1.53. The molecule has 2 rings (SSSR count). The molecule has 1 aliphatic heterocycles. The van der Waals surface area contributed by atoms with Gasteiger partial charge >= 0.3 is 5.97 Å². The quantitative estimate of drug-likeness (QED) is 0.786. The summed E-state index contributed by atoms with van der Waals surface area (Å²) in [5.41, 5.74) is 0.422. The summed E-state index contributed by atoms with van der Waals surface area (Å²) >= 11 is 0. The number of carbonyl (C=O) groups excluding carboxylic acids is 1. The number of carboxylic acid groups (broad SMARTS) is 1. The molecule has 1 heterocycles. The molecule has 1 amide bonds. The number of benzene rings is 1. The Kier molecular flexibility index (Phi) is 3.36. The topological polar surface area (TPSA) is 84.9 Å². The summed E-state index contributed by atoms with van der Waals surface area (Å²) < 4.78 is 10.8. The van der Waals surface area contributed by atoms with Crippen LogP contribution in [0.1, 0.15) is 6.92 Å². The summed E-state index contributed by atoms with van der Waals surface area (Å²) in [5.74, 6) is -1.90. The van der Waals surface area contributed by atoms with Gasteiger partial charge in [0.2, 0.25) is 5.91 Å². The van der Waals surface area contributed by atoms with Crippen molar-refractivity contribution >= 4 is 17.6 Å². The van der Waals surface area contributed by atoms with E-state index in [2.05, 4.69) is 5.32 Å². The van der Waals surface area contributed by atoms with Crippen LogP contribution in [-0.2, 0) is 9.59 Å². The van der Waals surface area contributed by atoms with E-state index in [1.807, 2.05) is 0 Å². The number of rotatable bonds is 3. The van der Waals surface area contributed by atoms with Crippen LogP contribution in [0.5, 0.6) is 11.5 Å². The Labute approximate surface area is 104 Å². The van der Waals surface area contributed by atoms with E-state index in [1.54, 1.807) is 18.2 Å². The van der Waals surface area contributed by atoms with Gasteiger partial charge in [-0.15, -0.1) is 0 Å². The number of carbonyl (C=O) groups is 2. The molecule has 1 atom stereocenters.